The molecule has 2 aromatic rings. The normalized spacial score (nSPS) is 25.6. The number of piperidine rings is 1. The second-order valence-electron chi connectivity index (χ2n) is 10.1. The summed E-state index contributed by atoms with van der Waals surface area (Å²) in [5, 5.41) is 14.7. The van der Waals surface area contributed by atoms with Gasteiger partial charge in [-0.2, -0.15) is 0 Å². The van der Waals surface area contributed by atoms with Gasteiger partial charge in [0.05, 0.1) is 18.2 Å². The average Bonchev–Trinajstić information content (AvgIpc) is 3.48. The number of hydrogen-bond acceptors (Lipinski definition) is 8. The van der Waals surface area contributed by atoms with E-state index in [9.17, 15) is 19.1 Å². The zero-order valence-corrected chi connectivity index (χ0v) is 22.4. The molecular weight excluding hydrogens is 545 g/mol. The lowest BCUT2D eigenvalue weighted by molar-refractivity contribution is -0.140. The van der Waals surface area contributed by atoms with Crippen molar-refractivity contribution in [3.05, 3.63) is 63.0 Å². The number of esters is 1. The predicted octanol–water partition coefficient (Wildman–Crippen LogP) is 4.13. The van der Waals surface area contributed by atoms with Crippen LogP contribution < -0.4 is 5.32 Å². The quantitative estimate of drug-likeness (QED) is 0.362. The van der Waals surface area contributed by atoms with E-state index in [2.05, 4.69) is 16.2 Å². The number of terminal acetylenes is 1. The van der Waals surface area contributed by atoms with Crippen molar-refractivity contribution in [3.63, 3.8) is 0 Å². The van der Waals surface area contributed by atoms with Crippen LogP contribution in [0.3, 0.4) is 0 Å². The maximum absolute atomic E-state index is 15.2. The topological polar surface area (TPSA) is 104 Å². The summed E-state index contributed by atoms with van der Waals surface area (Å²) in [5.41, 5.74) is 0.964. The highest BCUT2D eigenvalue weighted by molar-refractivity contribution is 7.11. The number of carbonyl (C=O) groups excluding carboxylic acids is 1. The molecule has 1 aromatic heterocycles. The molecule has 4 heterocycles. The Hall–Kier alpha value is -3.69. The van der Waals surface area contributed by atoms with Crippen LogP contribution in [0.4, 0.5) is 13.2 Å². The standard InChI is InChI=1S/C28H27F3N4O4S/c1-3-16-12-17(29)5-6-19(16)24-23(27(38)39-4-2)20(33-25(34-24)26-32-7-8-40-26)14-35-18-9-15(11-22(36)37)10-21(35)28(30,31)13-18/h1,5-8,12,15,18,21,24H,4,9-11,13-14H2,2H3,(H,33,34)(H,36,37)/t15-,18+,21-,24+/m1/s1. The molecule has 4 atom stereocenters. The van der Waals surface area contributed by atoms with Crippen LogP contribution in [-0.4, -0.2) is 63.9 Å². The third-order valence-corrected chi connectivity index (χ3v) is 8.33. The highest BCUT2D eigenvalue weighted by atomic mass is 32.1. The maximum atomic E-state index is 15.2. The number of carbonyl (C=O) groups is 2. The summed E-state index contributed by atoms with van der Waals surface area (Å²) in [7, 11) is 0. The van der Waals surface area contributed by atoms with Gasteiger partial charge in [0, 0.05) is 48.3 Å². The largest absolute Gasteiger partial charge is 0.481 e. The van der Waals surface area contributed by atoms with Gasteiger partial charge in [0.1, 0.15) is 11.9 Å². The molecule has 12 heteroatoms. The van der Waals surface area contributed by atoms with Crippen LogP contribution in [0.2, 0.25) is 0 Å². The van der Waals surface area contributed by atoms with E-state index < -0.39 is 48.2 Å². The van der Waals surface area contributed by atoms with E-state index in [1.54, 1.807) is 23.4 Å². The lowest BCUT2D eigenvalue weighted by atomic mass is 9.87. The molecule has 0 aliphatic carbocycles. The van der Waals surface area contributed by atoms with Gasteiger partial charge in [0.25, 0.3) is 5.92 Å². The minimum atomic E-state index is -3.02. The maximum Gasteiger partial charge on any atom is 0.338 e. The Kier molecular flexibility index (Phi) is 7.70. The van der Waals surface area contributed by atoms with Crippen molar-refractivity contribution in [2.24, 2.45) is 10.9 Å². The van der Waals surface area contributed by atoms with Crippen LogP contribution in [0.15, 0.2) is 46.0 Å². The SMILES string of the molecule is C#Cc1cc(F)ccc1[C@@H]1N=C(c2nccs2)NC(CN2[C@H]3C[C@@H](CC(=O)O)C[C@@H]2C(F)(F)C3)=C1C(=O)OCC. The van der Waals surface area contributed by atoms with Gasteiger partial charge in [-0.3, -0.25) is 14.7 Å². The lowest BCUT2D eigenvalue weighted by Gasteiger charge is -2.40. The van der Waals surface area contributed by atoms with Gasteiger partial charge in [-0.25, -0.2) is 22.9 Å². The van der Waals surface area contributed by atoms with Crippen LogP contribution in [0, 0.1) is 24.1 Å². The van der Waals surface area contributed by atoms with Crippen LogP contribution in [0.1, 0.15) is 54.8 Å². The Bertz CT molecular complexity index is 1420. The Balaban J connectivity index is 1.60. The summed E-state index contributed by atoms with van der Waals surface area (Å²) >= 11 is 1.29. The van der Waals surface area contributed by atoms with Crippen molar-refractivity contribution in [3.8, 4) is 12.3 Å². The van der Waals surface area contributed by atoms with Crippen molar-refractivity contribution >= 4 is 29.1 Å². The van der Waals surface area contributed by atoms with Gasteiger partial charge in [-0.05, 0) is 43.4 Å². The molecule has 2 fully saturated rings. The first-order valence-electron chi connectivity index (χ1n) is 12.9. The molecule has 0 spiro atoms. The van der Waals surface area contributed by atoms with E-state index in [0.29, 0.717) is 28.5 Å². The first kappa shape index (κ1) is 27.9. The number of benzene rings is 1. The van der Waals surface area contributed by atoms with Crippen LogP contribution in [-0.2, 0) is 14.3 Å². The zero-order chi connectivity index (χ0) is 28.6. The summed E-state index contributed by atoms with van der Waals surface area (Å²) in [6, 6.07) is 1.06. The number of amidine groups is 1. The molecule has 2 N–H and O–H groups in total. The molecule has 210 valence electrons. The number of aliphatic carboxylic acids is 1. The minimum absolute atomic E-state index is 0.0217. The molecule has 3 aliphatic heterocycles. The third-order valence-electron chi connectivity index (χ3n) is 7.55. The number of nitrogens with zero attached hydrogens (tertiary/aromatic N) is 3. The molecule has 5 rings (SSSR count). The summed E-state index contributed by atoms with van der Waals surface area (Å²) in [4.78, 5) is 35.4. The molecule has 1 aromatic carbocycles. The van der Waals surface area contributed by atoms with Crippen molar-refractivity contribution in [2.75, 3.05) is 13.2 Å². The zero-order valence-electron chi connectivity index (χ0n) is 21.6. The highest BCUT2D eigenvalue weighted by Gasteiger charge is 2.57. The summed E-state index contributed by atoms with van der Waals surface area (Å²) < 4.78 is 49.8. The molecule has 8 nitrogen and oxygen atoms in total. The van der Waals surface area contributed by atoms with E-state index >= 15 is 8.78 Å². The summed E-state index contributed by atoms with van der Waals surface area (Å²) in [6.07, 6.45) is 7.03. The highest BCUT2D eigenvalue weighted by Crippen LogP contribution is 2.49. The Morgan fingerprint density at radius 1 is 1.35 bits per heavy atom. The van der Waals surface area contributed by atoms with E-state index in [1.165, 1.54) is 29.5 Å². The second kappa shape index (κ2) is 11.1. The minimum Gasteiger partial charge on any atom is -0.481 e. The van der Waals surface area contributed by atoms with Crippen molar-refractivity contribution in [2.45, 2.75) is 56.7 Å². The van der Waals surface area contributed by atoms with Crippen LogP contribution >= 0.6 is 11.3 Å². The van der Waals surface area contributed by atoms with Gasteiger partial charge >= 0.3 is 11.9 Å². The number of fused-ring (bicyclic) bond motifs is 2. The lowest BCUT2D eigenvalue weighted by Crippen LogP contribution is -2.50. The van der Waals surface area contributed by atoms with Gasteiger partial charge in [-0.15, -0.1) is 17.8 Å². The number of aliphatic imine (C=N–C) groups is 1. The van der Waals surface area contributed by atoms with Crippen molar-refractivity contribution in [1.29, 1.82) is 0 Å². The number of hydrogen-bond donors (Lipinski definition) is 2. The molecule has 0 amide bonds. The molecule has 0 unspecified atom stereocenters. The van der Waals surface area contributed by atoms with Gasteiger partial charge in [-0.1, -0.05) is 12.0 Å². The van der Waals surface area contributed by atoms with Crippen molar-refractivity contribution < 1.29 is 32.6 Å². The third kappa shape index (κ3) is 5.36. The van der Waals surface area contributed by atoms with Crippen LogP contribution in [0.5, 0.6) is 0 Å². The van der Waals surface area contributed by atoms with Crippen molar-refractivity contribution in [1.82, 2.24) is 15.2 Å². The summed E-state index contributed by atoms with van der Waals surface area (Å²) in [5.74, 6) is -2.90. The van der Waals surface area contributed by atoms with E-state index in [0.717, 1.165) is 0 Å². The number of nitrogens with one attached hydrogen (secondary N) is 1. The number of rotatable bonds is 8. The number of alkyl halides is 2. The fourth-order valence-electron chi connectivity index (χ4n) is 5.96. The molecule has 2 bridgehead atoms. The Labute approximate surface area is 233 Å². The predicted molar refractivity (Wildman–Crippen MR) is 141 cm³/mol. The molecule has 2 saturated heterocycles. The molecule has 3 aliphatic rings. The van der Waals surface area contributed by atoms with E-state index in [-0.39, 0.29) is 43.0 Å². The van der Waals surface area contributed by atoms with E-state index in [1.807, 2.05) is 0 Å². The first-order chi connectivity index (χ1) is 19.1. The smallest absolute Gasteiger partial charge is 0.338 e. The monoisotopic (exact) mass is 572 g/mol. The fourth-order valence-corrected chi connectivity index (χ4v) is 6.55. The first-order valence-corrected chi connectivity index (χ1v) is 13.8. The average molecular weight is 573 g/mol. The fraction of sp³-hybridized carbons (Fsp3) is 0.429. The Morgan fingerprint density at radius 2 is 2.15 bits per heavy atom. The number of aromatic nitrogens is 1. The number of ether oxygens (including phenoxy) is 1. The number of halogens is 3. The number of carboxylic acids is 1. The summed E-state index contributed by atoms with van der Waals surface area (Å²) in [6.45, 7) is 1.64. The number of carboxylic acid groups (broad SMARTS) is 1. The number of thiazole rings is 1. The molecular formula is C28H27F3N4O4S. The van der Waals surface area contributed by atoms with Gasteiger partial charge < -0.3 is 15.2 Å². The van der Waals surface area contributed by atoms with Gasteiger partial charge in [0.15, 0.2) is 10.8 Å². The van der Waals surface area contributed by atoms with Gasteiger partial charge in [0.2, 0.25) is 0 Å². The Morgan fingerprint density at radius 3 is 2.80 bits per heavy atom. The van der Waals surface area contributed by atoms with E-state index in [4.69, 9.17) is 16.2 Å². The molecule has 0 saturated carbocycles. The van der Waals surface area contributed by atoms with Crippen LogP contribution in [0.25, 0.3) is 0 Å². The molecule has 40 heavy (non-hydrogen) atoms. The molecule has 0 radical (unpaired) electrons. The second-order valence-corrected chi connectivity index (χ2v) is 11.0.